The van der Waals surface area contributed by atoms with Gasteiger partial charge in [-0.3, -0.25) is 4.79 Å². The zero-order valence-corrected chi connectivity index (χ0v) is 11.7. The van der Waals surface area contributed by atoms with Crippen molar-refractivity contribution in [2.24, 2.45) is 0 Å². The first-order valence-electron chi connectivity index (χ1n) is 6.79. The molecule has 1 fully saturated rings. The van der Waals surface area contributed by atoms with E-state index in [1.165, 1.54) is 4.90 Å². The Kier molecular flexibility index (Phi) is 4.27. The molecule has 5 nitrogen and oxygen atoms in total. The minimum atomic E-state index is -0.935. The summed E-state index contributed by atoms with van der Waals surface area (Å²) < 4.78 is 5.51. The van der Waals surface area contributed by atoms with Crippen LogP contribution >= 0.6 is 0 Å². The van der Waals surface area contributed by atoms with Gasteiger partial charge in [-0.1, -0.05) is 0 Å². The number of hydrogen-bond acceptors (Lipinski definition) is 3. The summed E-state index contributed by atoms with van der Waals surface area (Å²) in [5.74, 6) is -0.464. The van der Waals surface area contributed by atoms with Crippen molar-refractivity contribution in [2.45, 2.75) is 38.8 Å². The highest BCUT2D eigenvalue weighted by atomic mass is 16.5. The highest BCUT2D eigenvalue weighted by Crippen LogP contribution is 2.21. The number of ether oxygens (including phenoxy) is 1. The van der Waals surface area contributed by atoms with E-state index in [0.717, 1.165) is 6.42 Å². The largest absolute Gasteiger partial charge is 0.491 e. The van der Waals surface area contributed by atoms with Gasteiger partial charge in [-0.05, 0) is 51.0 Å². The number of carbonyl (C=O) groups excluding carboxylic acids is 1. The fourth-order valence-electron chi connectivity index (χ4n) is 2.38. The molecule has 0 saturated carbocycles. The van der Waals surface area contributed by atoms with E-state index < -0.39 is 12.0 Å². The molecule has 1 heterocycles. The van der Waals surface area contributed by atoms with Gasteiger partial charge in [0, 0.05) is 12.1 Å². The highest BCUT2D eigenvalue weighted by molar-refractivity contribution is 5.97. The molecule has 20 heavy (non-hydrogen) atoms. The maximum absolute atomic E-state index is 12.3. The fraction of sp³-hybridized carbons (Fsp3) is 0.467. The number of carboxylic acids is 1. The predicted molar refractivity (Wildman–Crippen MR) is 73.9 cm³/mol. The summed E-state index contributed by atoms with van der Waals surface area (Å²) in [7, 11) is 0. The molecule has 0 aromatic heterocycles. The molecule has 1 aromatic rings. The van der Waals surface area contributed by atoms with E-state index in [9.17, 15) is 9.59 Å². The number of amides is 1. The average molecular weight is 277 g/mol. The molecule has 1 amide bonds. The molecule has 0 aliphatic carbocycles. The van der Waals surface area contributed by atoms with Crippen LogP contribution in [0.4, 0.5) is 0 Å². The van der Waals surface area contributed by atoms with Gasteiger partial charge >= 0.3 is 5.97 Å². The van der Waals surface area contributed by atoms with E-state index >= 15 is 0 Å². The van der Waals surface area contributed by atoms with Gasteiger partial charge in [0.1, 0.15) is 11.8 Å². The van der Waals surface area contributed by atoms with Crippen LogP contribution in [0.3, 0.4) is 0 Å². The quantitative estimate of drug-likeness (QED) is 0.915. The first-order chi connectivity index (χ1) is 9.49. The van der Waals surface area contributed by atoms with Crippen molar-refractivity contribution >= 4 is 11.9 Å². The lowest BCUT2D eigenvalue weighted by Gasteiger charge is -2.21. The third kappa shape index (κ3) is 3.10. The average Bonchev–Trinajstić information content (AvgIpc) is 2.87. The Labute approximate surface area is 118 Å². The number of carbonyl (C=O) groups is 2. The minimum Gasteiger partial charge on any atom is -0.491 e. The molecule has 1 atom stereocenters. The van der Waals surface area contributed by atoms with Gasteiger partial charge in [0.2, 0.25) is 0 Å². The molecule has 0 unspecified atom stereocenters. The van der Waals surface area contributed by atoms with E-state index in [2.05, 4.69) is 0 Å². The van der Waals surface area contributed by atoms with E-state index in [4.69, 9.17) is 9.84 Å². The monoisotopic (exact) mass is 277 g/mol. The van der Waals surface area contributed by atoms with Crippen LogP contribution in [-0.2, 0) is 4.79 Å². The fourth-order valence-corrected chi connectivity index (χ4v) is 2.38. The topological polar surface area (TPSA) is 66.8 Å². The van der Waals surface area contributed by atoms with Gasteiger partial charge in [0.25, 0.3) is 5.91 Å². The molecule has 108 valence electrons. The smallest absolute Gasteiger partial charge is 0.326 e. The molecule has 0 radical (unpaired) electrons. The van der Waals surface area contributed by atoms with Gasteiger partial charge in [-0.2, -0.15) is 0 Å². The van der Waals surface area contributed by atoms with Crippen LogP contribution < -0.4 is 4.74 Å². The summed E-state index contributed by atoms with van der Waals surface area (Å²) in [5.41, 5.74) is 0.495. The Morgan fingerprint density at radius 1 is 1.30 bits per heavy atom. The molecule has 1 saturated heterocycles. The van der Waals surface area contributed by atoms with Crippen LogP contribution in [0.25, 0.3) is 0 Å². The van der Waals surface area contributed by atoms with Crippen molar-refractivity contribution in [3.05, 3.63) is 29.8 Å². The van der Waals surface area contributed by atoms with Crippen LogP contribution in [0, 0.1) is 0 Å². The molecule has 1 aliphatic heterocycles. The first-order valence-corrected chi connectivity index (χ1v) is 6.79. The summed E-state index contributed by atoms with van der Waals surface area (Å²) in [5, 5.41) is 9.11. The van der Waals surface area contributed by atoms with Crippen LogP contribution in [0.1, 0.15) is 37.0 Å². The number of carboxylic acid groups (broad SMARTS) is 1. The number of likely N-dealkylation sites (tertiary alicyclic amines) is 1. The first kappa shape index (κ1) is 14.4. The standard InChI is InChI=1S/C15H19NO4/c1-10(2)20-12-7-5-11(6-8-12)14(17)16-9-3-4-13(16)15(18)19/h5-8,10,13H,3-4,9H2,1-2H3,(H,18,19)/t13-/m0/s1. The molecule has 1 N–H and O–H groups in total. The molecule has 0 spiro atoms. The number of benzene rings is 1. The van der Waals surface area contributed by atoms with Gasteiger partial charge < -0.3 is 14.7 Å². The van der Waals surface area contributed by atoms with Crippen molar-refractivity contribution in [1.82, 2.24) is 4.90 Å². The third-order valence-corrected chi connectivity index (χ3v) is 3.27. The summed E-state index contributed by atoms with van der Waals surface area (Å²) in [6, 6.07) is 6.13. The Morgan fingerprint density at radius 2 is 1.95 bits per heavy atom. The van der Waals surface area contributed by atoms with Crippen LogP contribution in [-0.4, -0.2) is 40.6 Å². The van der Waals surface area contributed by atoms with E-state index in [1.54, 1.807) is 24.3 Å². The molecule has 1 aliphatic rings. The summed E-state index contributed by atoms with van der Waals surface area (Å²) in [4.78, 5) is 24.9. The van der Waals surface area contributed by atoms with Crippen molar-refractivity contribution in [3.63, 3.8) is 0 Å². The molecule has 5 heteroatoms. The molecule has 1 aromatic carbocycles. The number of aliphatic carboxylic acids is 1. The zero-order valence-electron chi connectivity index (χ0n) is 11.7. The Balaban J connectivity index is 2.11. The Hall–Kier alpha value is -2.04. The lowest BCUT2D eigenvalue weighted by atomic mass is 10.1. The minimum absolute atomic E-state index is 0.0755. The lowest BCUT2D eigenvalue weighted by molar-refractivity contribution is -0.141. The van der Waals surface area contributed by atoms with E-state index in [-0.39, 0.29) is 12.0 Å². The molecular weight excluding hydrogens is 258 g/mol. The van der Waals surface area contributed by atoms with Crippen LogP contribution in [0.2, 0.25) is 0 Å². The number of rotatable bonds is 4. The predicted octanol–water partition coefficient (Wildman–Crippen LogP) is 2.16. The van der Waals surface area contributed by atoms with E-state index in [0.29, 0.717) is 24.3 Å². The van der Waals surface area contributed by atoms with Crippen LogP contribution in [0.15, 0.2) is 24.3 Å². The van der Waals surface area contributed by atoms with Crippen LogP contribution in [0.5, 0.6) is 5.75 Å². The maximum Gasteiger partial charge on any atom is 0.326 e. The van der Waals surface area contributed by atoms with Crippen molar-refractivity contribution in [2.75, 3.05) is 6.54 Å². The third-order valence-electron chi connectivity index (χ3n) is 3.27. The second-order valence-electron chi connectivity index (χ2n) is 5.19. The SMILES string of the molecule is CC(C)Oc1ccc(C(=O)N2CCC[C@H]2C(=O)O)cc1. The lowest BCUT2D eigenvalue weighted by Crippen LogP contribution is -2.40. The number of hydrogen-bond donors (Lipinski definition) is 1. The Bertz CT molecular complexity index is 495. The van der Waals surface area contributed by atoms with Crippen molar-refractivity contribution < 1.29 is 19.4 Å². The normalized spacial score (nSPS) is 18.4. The van der Waals surface area contributed by atoms with Crippen molar-refractivity contribution in [1.29, 1.82) is 0 Å². The van der Waals surface area contributed by atoms with Crippen molar-refractivity contribution in [3.8, 4) is 5.75 Å². The van der Waals surface area contributed by atoms with E-state index in [1.807, 2.05) is 13.8 Å². The number of nitrogens with zero attached hydrogens (tertiary/aromatic N) is 1. The summed E-state index contributed by atoms with van der Waals surface area (Å²) in [6.07, 6.45) is 1.33. The zero-order chi connectivity index (χ0) is 14.7. The molecular formula is C15H19NO4. The molecule has 0 bridgehead atoms. The second-order valence-corrected chi connectivity index (χ2v) is 5.19. The summed E-state index contributed by atoms with van der Waals surface area (Å²) in [6.45, 7) is 4.36. The highest BCUT2D eigenvalue weighted by Gasteiger charge is 2.34. The van der Waals surface area contributed by atoms with Gasteiger partial charge in [-0.25, -0.2) is 4.79 Å². The Morgan fingerprint density at radius 3 is 2.50 bits per heavy atom. The van der Waals surface area contributed by atoms with Gasteiger partial charge in [0.15, 0.2) is 0 Å². The second kappa shape index (κ2) is 5.94. The maximum atomic E-state index is 12.3. The van der Waals surface area contributed by atoms with Gasteiger partial charge in [-0.15, -0.1) is 0 Å². The molecule has 2 rings (SSSR count). The summed E-state index contributed by atoms with van der Waals surface area (Å²) >= 11 is 0. The van der Waals surface area contributed by atoms with Gasteiger partial charge in [0.05, 0.1) is 6.10 Å².